The van der Waals surface area contributed by atoms with Crippen LogP contribution in [-0.4, -0.2) is 10.3 Å². The second kappa shape index (κ2) is 5.80. The third kappa shape index (κ3) is 3.06. The third-order valence-corrected chi connectivity index (χ3v) is 4.29. The first kappa shape index (κ1) is 12.1. The molecule has 1 heterocycles. The zero-order chi connectivity index (χ0) is 11.4. The van der Waals surface area contributed by atoms with Crippen molar-refractivity contribution in [2.24, 2.45) is 0 Å². The summed E-state index contributed by atoms with van der Waals surface area (Å²) < 4.78 is 0. The SMILES string of the molecule is Clc1ccc(C(CBr)Cc2cncs2)cc1. The topological polar surface area (TPSA) is 12.9 Å². The number of aromatic nitrogens is 1. The van der Waals surface area contributed by atoms with E-state index in [1.54, 1.807) is 11.3 Å². The van der Waals surface area contributed by atoms with Crippen molar-refractivity contribution in [3.05, 3.63) is 51.4 Å². The minimum Gasteiger partial charge on any atom is -0.253 e. The minimum atomic E-state index is 0.484. The van der Waals surface area contributed by atoms with E-state index in [2.05, 4.69) is 33.0 Å². The Hall–Kier alpha value is -0.380. The van der Waals surface area contributed by atoms with E-state index < -0.39 is 0 Å². The Labute approximate surface area is 113 Å². The molecule has 0 radical (unpaired) electrons. The Balaban J connectivity index is 2.13. The fourth-order valence-electron chi connectivity index (χ4n) is 1.58. The minimum absolute atomic E-state index is 0.484. The predicted molar refractivity (Wildman–Crippen MR) is 73.8 cm³/mol. The van der Waals surface area contributed by atoms with Crippen LogP contribution in [0, 0.1) is 0 Å². The zero-order valence-electron chi connectivity index (χ0n) is 8.57. The van der Waals surface area contributed by atoms with Crippen LogP contribution in [0.25, 0.3) is 0 Å². The maximum Gasteiger partial charge on any atom is 0.0794 e. The molecule has 0 aliphatic carbocycles. The molecule has 2 rings (SSSR count). The Morgan fingerprint density at radius 2 is 2.06 bits per heavy atom. The van der Waals surface area contributed by atoms with E-state index in [0.29, 0.717) is 5.92 Å². The molecule has 1 unspecified atom stereocenters. The summed E-state index contributed by atoms with van der Waals surface area (Å²) in [6.45, 7) is 0. The molecule has 84 valence electrons. The summed E-state index contributed by atoms with van der Waals surface area (Å²) in [7, 11) is 0. The third-order valence-electron chi connectivity index (χ3n) is 2.46. The van der Waals surface area contributed by atoms with Crippen LogP contribution in [0.5, 0.6) is 0 Å². The molecule has 0 bridgehead atoms. The Morgan fingerprint density at radius 1 is 1.31 bits per heavy atom. The lowest BCUT2D eigenvalue weighted by Gasteiger charge is -2.13. The highest BCUT2D eigenvalue weighted by molar-refractivity contribution is 9.09. The lowest BCUT2D eigenvalue weighted by atomic mass is 9.97. The number of hydrogen-bond donors (Lipinski definition) is 0. The molecule has 0 spiro atoms. The van der Waals surface area contributed by atoms with Crippen molar-refractivity contribution in [1.82, 2.24) is 4.98 Å². The normalized spacial score (nSPS) is 12.6. The number of rotatable bonds is 4. The average molecular weight is 317 g/mol. The molecule has 0 N–H and O–H groups in total. The van der Waals surface area contributed by atoms with Gasteiger partial charge < -0.3 is 0 Å². The molecule has 0 saturated carbocycles. The molecule has 16 heavy (non-hydrogen) atoms. The summed E-state index contributed by atoms with van der Waals surface area (Å²) in [5, 5.41) is 1.74. The Morgan fingerprint density at radius 3 is 2.62 bits per heavy atom. The molecule has 2 aromatic rings. The lowest BCUT2D eigenvalue weighted by molar-refractivity contribution is 0.784. The van der Waals surface area contributed by atoms with Gasteiger partial charge in [0.1, 0.15) is 0 Å². The van der Waals surface area contributed by atoms with Crippen molar-refractivity contribution < 1.29 is 0 Å². The van der Waals surface area contributed by atoms with Gasteiger partial charge in [-0.15, -0.1) is 11.3 Å². The second-order valence-electron chi connectivity index (χ2n) is 3.57. The van der Waals surface area contributed by atoms with Crippen LogP contribution in [0.2, 0.25) is 5.02 Å². The fraction of sp³-hybridized carbons (Fsp3) is 0.250. The van der Waals surface area contributed by atoms with Crippen LogP contribution in [0.3, 0.4) is 0 Å². The number of hydrogen-bond acceptors (Lipinski definition) is 2. The standard InChI is InChI=1S/C12H11BrClNS/c13-6-10(5-12-7-15-8-16-12)9-1-3-11(14)4-2-9/h1-4,7-8,10H,5-6H2. The highest BCUT2D eigenvalue weighted by Crippen LogP contribution is 2.25. The van der Waals surface area contributed by atoms with Gasteiger partial charge in [-0.3, -0.25) is 4.98 Å². The van der Waals surface area contributed by atoms with E-state index in [0.717, 1.165) is 16.8 Å². The zero-order valence-corrected chi connectivity index (χ0v) is 11.7. The van der Waals surface area contributed by atoms with Crippen LogP contribution in [0.15, 0.2) is 36.0 Å². The fourth-order valence-corrected chi connectivity index (χ4v) is 2.99. The molecule has 0 aliphatic rings. The number of thiazole rings is 1. The van der Waals surface area contributed by atoms with Crippen molar-refractivity contribution >= 4 is 38.9 Å². The molecule has 1 nitrogen and oxygen atoms in total. The first-order valence-corrected chi connectivity index (χ1v) is 7.36. The smallest absolute Gasteiger partial charge is 0.0794 e. The van der Waals surface area contributed by atoms with E-state index in [-0.39, 0.29) is 0 Å². The highest BCUT2D eigenvalue weighted by Gasteiger charge is 2.11. The van der Waals surface area contributed by atoms with Crippen molar-refractivity contribution in [2.45, 2.75) is 12.3 Å². The van der Waals surface area contributed by atoms with E-state index in [9.17, 15) is 0 Å². The van der Waals surface area contributed by atoms with E-state index in [4.69, 9.17) is 11.6 Å². The van der Waals surface area contributed by atoms with Crippen LogP contribution in [0.1, 0.15) is 16.4 Å². The van der Waals surface area contributed by atoms with E-state index in [1.165, 1.54) is 10.4 Å². The quantitative estimate of drug-likeness (QED) is 0.756. The van der Waals surface area contributed by atoms with Gasteiger partial charge in [0.2, 0.25) is 0 Å². The van der Waals surface area contributed by atoms with Crippen LogP contribution in [-0.2, 0) is 6.42 Å². The number of benzene rings is 1. The summed E-state index contributed by atoms with van der Waals surface area (Å²) in [5.41, 5.74) is 3.19. The predicted octanol–water partition coefficient (Wildman–Crippen LogP) is 4.52. The van der Waals surface area contributed by atoms with Crippen LogP contribution >= 0.6 is 38.9 Å². The molecular weight excluding hydrogens is 306 g/mol. The number of nitrogens with zero attached hydrogens (tertiary/aromatic N) is 1. The Bertz CT molecular complexity index is 427. The number of halogens is 2. The molecule has 0 saturated heterocycles. The first-order valence-electron chi connectivity index (χ1n) is 4.98. The Kier molecular flexibility index (Phi) is 4.38. The molecular formula is C12H11BrClNS. The summed E-state index contributed by atoms with van der Waals surface area (Å²) in [6, 6.07) is 8.07. The van der Waals surface area contributed by atoms with Crippen LogP contribution in [0.4, 0.5) is 0 Å². The van der Waals surface area contributed by atoms with Crippen LogP contribution < -0.4 is 0 Å². The van der Waals surface area contributed by atoms with Gasteiger partial charge in [0.05, 0.1) is 5.51 Å². The highest BCUT2D eigenvalue weighted by atomic mass is 79.9. The molecule has 4 heteroatoms. The molecule has 1 aromatic carbocycles. The summed E-state index contributed by atoms with van der Waals surface area (Å²) in [6.07, 6.45) is 2.97. The van der Waals surface area contributed by atoms with E-state index >= 15 is 0 Å². The van der Waals surface area contributed by atoms with Crippen molar-refractivity contribution in [3.63, 3.8) is 0 Å². The van der Waals surface area contributed by atoms with Gasteiger partial charge >= 0.3 is 0 Å². The first-order chi connectivity index (χ1) is 7.79. The van der Waals surface area contributed by atoms with E-state index in [1.807, 2.05) is 23.8 Å². The molecule has 1 aromatic heterocycles. The summed E-state index contributed by atoms with van der Waals surface area (Å²) in [5.74, 6) is 0.484. The monoisotopic (exact) mass is 315 g/mol. The van der Waals surface area contributed by atoms with Crippen molar-refractivity contribution in [3.8, 4) is 0 Å². The molecule has 0 aliphatic heterocycles. The van der Waals surface area contributed by atoms with Crippen molar-refractivity contribution in [2.75, 3.05) is 5.33 Å². The second-order valence-corrected chi connectivity index (χ2v) is 5.63. The molecule has 0 amide bonds. The van der Waals surface area contributed by atoms with Gasteiger partial charge in [0.15, 0.2) is 0 Å². The number of alkyl halides is 1. The lowest BCUT2D eigenvalue weighted by Crippen LogP contribution is -2.03. The molecule has 0 fully saturated rings. The van der Waals surface area contributed by atoms with Gasteiger partial charge in [0.25, 0.3) is 0 Å². The largest absolute Gasteiger partial charge is 0.253 e. The van der Waals surface area contributed by atoms with Crippen molar-refractivity contribution in [1.29, 1.82) is 0 Å². The maximum atomic E-state index is 5.88. The van der Waals surface area contributed by atoms with Gasteiger partial charge in [-0.05, 0) is 30.0 Å². The summed E-state index contributed by atoms with van der Waals surface area (Å²) >= 11 is 11.2. The molecule has 1 atom stereocenters. The summed E-state index contributed by atoms with van der Waals surface area (Å²) in [4.78, 5) is 5.42. The van der Waals surface area contributed by atoms with Gasteiger partial charge in [-0.2, -0.15) is 0 Å². The van der Waals surface area contributed by atoms with Gasteiger partial charge in [-0.25, -0.2) is 0 Å². The average Bonchev–Trinajstić information content (AvgIpc) is 2.80. The van der Waals surface area contributed by atoms with Gasteiger partial charge in [0, 0.05) is 21.4 Å². The van der Waals surface area contributed by atoms with Gasteiger partial charge in [-0.1, -0.05) is 39.7 Å². The maximum absolute atomic E-state index is 5.88.